The molecule has 0 aromatic rings. The molecule has 2 bridgehead atoms. The number of nitrogens with one attached hydrogen (secondary N) is 1. The summed E-state index contributed by atoms with van der Waals surface area (Å²) in [7, 11) is 0. The normalized spacial score (nSPS) is 52.9. The Bertz CT molecular complexity index is 101. The maximum Gasteiger partial charge on any atom is 0.0222 e. The summed E-state index contributed by atoms with van der Waals surface area (Å²) >= 11 is 0. The van der Waals surface area contributed by atoms with Crippen LogP contribution in [-0.2, 0) is 0 Å². The van der Waals surface area contributed by atoms with Crippen molar-refractivity contribution in [3.8, 4) is 0 Å². The van der Waals surface area contributed by atoms with E-state index in [0.717, 1.165) is 6.04 Å². The summed E-state index contributed by atoms with van der Waals surface area (Å²) in [6, 6.07) is 1.91. The molecule has 3 unspecified atom stereocenters. The van der Waals surface area contributed by atoms with Gasteiger partial charge < -0.3 is 11.1 Å². The van der Waals surface area contributed by atoms with Crippen molar-refractivity contribution in [1.82, 2.24) is 5.32 Å². The van der Waals surface area contributed by atoms with Gasteiger partial charge in [0, 0.05) is 18.1 Å². The first-order chi connectivity index (χ1) is 3.86. The van der Waals surface area contributed by atoms with Crippen LogP contribution in [0.15, 0.2) is 0 Å². The number of hydrogen-bond donors (Lipinski definition) is 2. The molecule has 2 heterocycles. The zero-order chi connectivity index (χ0) is 5.56. The zero-order valence-corrected chi connectivity index (χ0v) is 4.93. The average molecular weight is 112 g/mol. The van der Waals surface area contributed by atoms with Crippen LogP contribution in [0.1, 0.15) is 19.3 Å². The number of fused-ring (bicyclic) bond motifs is 2. The average Bonchev–Trinajstić information content (AvgIpc) is 2.23. The van der Waals surface area contributed by atoms with Crippen molar-refractivity contribution in [2.24, 2.45) is 5.73 Å². The fourth-order valence-electron chi connectivity index (χ4n) is 1.87. The van der Waals surface area contributed by atoms with Crippen molar-refractivity contribution >= 4 is 0 Å². The molecule has 2 heteroatoms. The molecule has 0 radical (unpaired) electrons. The van der Waals surface area contributed by atoms with Gasteiger partial charge in [0.2, 0.25) is 0 Å². The van der Waals surface area contributed by atoms with Crippen molar-refractivity contribution in [1.29, 1.82) is 0 Å². The molecule has 8 heavy (non-hydrogen) atoms. The second-order valence-corrected chi connectivity index (χ2v) is 2.95. The van der Waals surface area contributed by atoms with Gasteiger partial charge in [-0.2, -0.15) is 0 Å². The van der Waals surface area contributed by atoms with Crippen LogP contribution in [0.5, 0.6) is 0 Å². The molecule has 3 atom stereocenters. The molecule has 0 spiro atoms. The first-order valence-electron chi connectivity index (χ1n) is 3.38. The van der Waals surface area contributed by atoms with E-state index in [0.29, 0.717) is 12.1 Å². The van der Waals surface area contributed by atoms with Gasteiger partial charge in [0.15, 0.2) is 0 Å². The lowest BCUT2D eigenvalue weighted by Gasteiger charge is -2.13. The third-order valence-corrected chi connectivity index (χ3v) is 2.35. The standard InChI is InChI=1S/C6H12N2/c7-5-3-4-1-2-6(5)8-4/h4-6,8H,1-3,7H2. The molecule has 2 fully saturated rings. The van der Waals surface area contributed by atoms with Crippen LogP contribution >= 0.6 is 0 Å². The Morgan fingerprint density at radius 3 is 2.50 bits per heavy atom. The second kappa shape index (κ2) is 1.45. The van der Waals surface area contributed by atoms with Gasteiger partial charge in [0.05, 0.1) is 0 Å². The highest BCUT2D eigenvalue weighted by atomic mass is 15.1. The lowest BCUT2D eigenvalue weighted by molar-refractivity contribution is 0.502. The van der Waals surface area contributed by atoms with E-state index in [1.165, 1.54) is 19.3 Å². The topological polar surface area (TPSA) is 38.0 Å². The molecule has 0 aliphatic carbocycles. The van der Waals surface area contributed by atoms with E-state index in [2.05, 4.69) is 5.32 Å². The molecule has 2 aliphatic heterocycles. The summed E-state index contributed by atoms with van der Waals surface area (Å²) in [5, 5.41) is 3.45. The minimum absolute atomic E-state index is 0.466. The molecule has 0 aromatic carbocycles. The quantitative estimate of drug-likeness (QED) is 0.457. The highest BCUT2D eigenvalue weighted by Crippen LogP contribution is 2.26. The third kappa shape index (κ3) is 0.501. The predicted molar refractivity (Wildman–Crippen MR) is 32.5 cm³/mol. The number of rotatable bonds is 0. The van der Waals surface area contributed by atoms with Gasteiger partial charge in [0.25, 0.3) is 0 Å². The van der Waals surface area contributed by atoms with Gasteiger partial charge in [0.1, 0.15) is 0 Å². The molecule has 0 amide bonds. The van der Waals surface area contributed by atoms with Crippen molar-refractivity contribution in [3.63, 3.8) is 0 Å². The van der Waals surface area contributed by atoms with E-state index in [1.807, 2.05) is 0 Å². The van der Waals surface area contributed by atoms with Gasteiger partial charge in [-0.05, 0) is 19.3 Å². The van der Waals surface area contributed by atoms with Crippen LogP contribution in [0.2, 0.25) is 0 Å². The Morgan fingerprint density at radius 2 is 2.25 bits per heavy atom. The summed E-state index contributed by atoms with van der Waals surface area (Å²) in [5.41, 5.74) is 5.76. The molecule has 3 N–H and O–H groups in total. The highest BCUT2D eigenvalue weighted by Gasteiger charge is 2.36. The Kier molecular flexibility index (Phi) is 0.866. The fraction of sp³-hybridized carbons (Fsp3) is 1.00. The number of nitrogens with two attached hydrogens (primary N) is 1. The van der Waals surface area contributed by atoms with E-state index >= 15 is 0 Å². The molecule has 0 saturated carbocycles. The fourth-order valence-corrected chi connectivity index (χ4v) is 1.87. The van der Waals surface area contributed by atoms with E-state index in [4.69, 9.17) is 5.73 Å². The van der Waals surface area contributed by atoms with E-state index < -0.39 is 0 Å². The van der Waals surface area contributed by atoms with Crippen LogP contribution in [0.3, 0.4) is 0 Å². The third-order valence-electron chi connectivity index (χ3n) is 2.35. The van der Waals surface area contributed by atoms with E-state index in [-0.39, 0.29) is 0 Å². The SMILES string of the molecule is NC1CC2CCC1N2. The molecule has 2 saturated heterocycles. The van der Waals surface area contributed by atoms with Crippen LogP contribution in [0.25, 0.3) is 0 Å². The summed E-state index contributed by atoms with van der Waals surface area (Å²) in [5.74, 6) is 0. The van der Waals surface area contributed by atoms with Crippen LogP contribution in [-0.4, -0.2) is 18.1 Å². The largest absolute Gasteiger partial charge is 0.326 e. The van der Waals surface area contributed by atoms with Crippen molar-refractivity contribution in [3.05, 3.63) is 0 Å². The first-order valence-corrected chi connectivity index (χ1v) is 3.38. The van der Waals surface area contributed by atoms with Gasteiger partial charge >= 0.3 is 0 Å². The first kappa shape index (κ1) is 4.77. The molecular formula is C6H12N2. The lowest BCUT2D eigenvalue weighted by atomic mass is 9.97. The minimum Gasteiger partial charge on any atom is -0.326 e. The predicted octanol–water partition coefficient (Wildman–Crippen LogP) is -0.162. The van der Waals surface area contributed by atoms with Crippen LogP contribution in [0, 0.1) is 0 Å². The summed E-state index contributed by atoms with van der Waals surface area (Å²) in [6.45, 7) is 0. The summed E-state index contributed by atoms with van der Waals surface area (Å²) in [6.07, 6.45) is 3.88. The molecule has 46 valence electrons. The Balaban J connectivity index is 2.11. The summed E-state index contributed by atoms with van der Waals surface area (Å²) < 4.78 is 0. The van der Waals surface area contributed by atoms with Gasteiger partial charge in [-0.15, -0.1) is 0 Å². The molecule has 0 aromatic heterocycles. The monoisotopic (exact) mass is 112 g/mol. The lowest BCUT2D eigenvalue weighted by Crippen LogP contribution is -2.33. The van der Waals surface area contributed by atoms with Gasteiger partial charge in [-0.25, -0.2) is 0 Å². The summed E-state index contributed by atoms with van der Waals surface area (Å²) in [4.78, 5) is 0. The van der Waals surface area contributed by atoms with Crippen molar-refractivity contribution < 1.29 is 0 Å². The zero-order valence-electron chi connectivity index (χ0n) is 4.93. The minimum atomic E-state index is 0.466. The van der Waals surface area contributed by atoms with E-state index in [1.54, 1.807) is 0 Å². The molecule has 2 rings (SSSR count). The van der Waals surface area contributed by atoms with Gasteiger partial charge in [-0.3, -0.25) is 0 Å². The Hall–Kier alpha value is -0.0800. The molecule has 2 aliphatic rings. The van der Waals surface area contributed by atoms with E-state index in [9.17, 15) is 0 Å². The second-order valence-electron chi connectivity index (χ2n) is 2.95. The van der Waals surface area contributed by atoms with Crippen molar-refractivity contribution in [2.75, 3.05) is 0 Å². The Labute approximate surface area is 49.4 Å². The molecular weight excluding hydrogens is 100 g/mol. The number of hydrogen-bond acceptors (Lipinski definition) is 2. The maximum absolute atomic E-state index is 5.76. The Morgan fingerprint density at radius 1 is 1.38 bits per heavy atom. The maximum atomic E-state index is 5.76. The van der Waals surface area contributed by atoms with Crippen LogP contribution < -0.4 is 11.1 Å². The van der Waals surface area contributed by atoms with Crippen molar-refractivity contribution in [2.45, 2.75) is 37.4 Å². The van der Waals surface area contributed by atoms with Gasteiger partial charge in [-0.1, -0.05) is 0 Å². The van der Waals surface area contributed by atoms with Crippen LogP contribution in [0.4, 0.5) is 0 Å². The smallest absolute Gasteiger partial charge is 0.0222 e. The molecule has 2 nitrogen and oxygen atoms in total. The highest BCUT2D eigenvalue weighted by molar-refractivity contribution is 4.99.